The summed E-state index contributed by atoms with van der Waals surface area (Å²) in [5.74, 6) is 0.925. The molecule has 0 amide bonds. The van der Waals surface area contributed by atoms with Gasteiger partial charge in [-0.05, 0) is 37.6 Å². The number of methoxy groups -OCH3 is 1. The van der Waals surface area contributed by atoms with Crippen LogP contribution >= 0.6 is 15.9 Å². The molecule has 0 aliphatic rings. The van der Waals surface area contributed by atoms with E-state index in [1.807, 2.05) is 24.3 Å². The van der Waals surface area contributed by atoms with Crippen LogP contribution in [0.2, 0.25) is 0 Å². The van der Waals surface area contributed by atoms with Crippen LogP contribution in [0.3, 0.4) is 0 Å². The van der Waals surface area contributed by atoms with E-state index in [4.69, 9.17) is 4.74 Å². The fourth-order valence-electron chi connectivity index (χ4n) is 2.36. The third kappa shape index (κ3) is 3.62. The van der Waals surface area contributed by atoms with Crippen molar-refractivity contribution in [1.82, 2.24) is 5.32 Å². The standard InChI is InChI=1S/C17H20BrNO/c1-12(14-7-6-8-15(18)11-14)19-13(2)16-9-4-5-10-17(16)20-3/h4-13,19H,1-3H3/t12?,13-/m0/s1. The van der Waals surface area contributed by atoms with Gasteiger partial charge in [0.15, 0.2) is 0 Å². The number of halogens is 1. The molecule has 2 nitrogen and oxygen atoms in total. The summed E-state index contributed by atoms with van der Waals surface area (Å²) in [4.78, 5) is 0. The lowest BCUT2D eigenvalue weighted by atomic mass is 10.0. The average Bonchev–Trinajstić information content (AvgIpc) is 2.47. The van der Waals surface area contributed by atoms with Crippen LogP contribution in [-0.2, 0) is 0 Å². The molecule has 0 saturated carbocycles. The third-order valence-electron chi connectivity index (χ3n) is 3.45. The maximum Gasteiger partial charge on any atom is 0.123 e. The van der Waals surface area contributed by atoms with Crippen LogP contribution in [0.1, 0.15) is 37.1 Å². The molecule has 0 aliphatic carbocycles. The molecular weight excluding hydrogens is 314 g/mol. The predicted molar refractivity (Wildman–Crippen MR) is 87.1 cm³/mol. The van der Waals surface area contributed by atoms with Gasteiger partial charge in [-0.3, -0.25) is 0 Å². The lowest BCUT2D eigenvalue weighted by Gasteiger charge is -2.22. The summed E-state index contributed by atoms with van der Waals surface area (Å²) in [5.41, 5.74) is 2.44. The largest absolute Gasteiger partial charge is 0.496 e. The molecule has 0 bridgehead atoms. The van der Waals surface area contributed by atoms with E-state index < -0.39 is 0 Å². The second-order valence-electron chi connectivity index (χ2n) is 4.91. The SMILES string of the molecule is COc1ccccc1[C@H](C)NC(C)c1cccc(Br)c1. The van der Waals surface area contributed by atoms with Crippen molar-refractivity contribution < 1.29 is 4.74 Å². The highest BCUT2D eigenvalue weighted by Gasteiger charge is 2.14. The van der Waals surface area contributed by atoms with Crippen LogP contribution in [0, 0.1) is 0 Å². The smallest absolute Gasteiger partial charge is 0.123 e. The van der Waals surface area contributed by atoms with Gasteiger partial charge in [0.05, 0.1) is 7.11 Å². The first-order valence-electron chi connectivity index (χ1n) is 6.76. The van der Waals surface area contributed by atoms with E-state index in [0.717, 1.165) is 10.2 Å². The summed E-state index contributed by atoms with van der Waals surface area (Å²) in [6, 6.07) is 17.0. The maximum atomic E-state index is 5.43. The molecule has 1 N–H and O–H groups in total. The van der Waals surface area contributed by atoms with E-state index in [1.165, 1.54) is 11.1 Å². The number of rotatable bonds is 5. The van der Waals surface area contributed by atoms with Crippen LogP contribution < -0.4 is 10.1 Å². The molecule has 20 heavy (non-hydrogen) atoms. The lowest BCUT2D eigenvalue weighted by molar-refractivity contribution is 0.396. The van der Waals surface area contributed by atoms with Gasteiger partial charge in [-0.15, -0.1) is 0 Å². The fourth-order valence-corrected chi connectivity index (χ4v) is 2.78. The Morgan fingerprint density at radius 2 is 1.75 bits per heavy atom. The normalized spacial score (nSPS) is 13.8. The molecule has 0 spiro atoms. The molecule has 2 rings (SSSR count). The highest BCUT2D eigenvalue weighted by molar-refractivity contribution is 9.10. The maximum absolute atomic E-state index is 5.43. The van der Waals surface area contributed by atoms with Crippen molar-refractivity contribution in [2.24, 2.45) is 0 Å². The van der Waals surface area contributed by atoms with Crippen LogP contribution in [0.5, 0.6) is 5.75 Å². The quantitative estimate of drug-likeness (QED) is 0.842. The Balaban J connectivity index is 2.13. The van der Waals surface area contributed by atoms with Gasteiger partial charge in [-0.2, -0.15) is 0 Å². The number of hydrogen-bond acceptors (Lipinski definition) is 2. The van der Waals surface area contributed by atoms with Crippen LogP contribution in [0.4, 0.5) is 0 Å². The molecule has 2 aromatic carbocycles. The number of nitrogens with one attached hydrogen (secondary N) is 1. The minimum Gasteiger partial charge on any atom is -0.496 e. The minimum absolute atomic E-state index is 0.222. The Hall–Kier alpha value is -1.32. The zero-order valence-corrected chi connectivity index (χ0v) is 13.6. The number of para-hydroxylation sites is 1. The van der Waals surface area contributed by atoms with Crippen molar-refractivity contribution >= 4 is 15.9 Å². The molecule has 3 heteroatoms. The van der Waals surface area contributed by atoms with Gasteiger partial charge in [0.1, 0.15) is 5.75 Å². The van der Waals surface area contributed by atoms with Crippen molar-refractivity contribution in [3.8, 4) is 5.75 Å². The second-order valence-corrected chi connectivity index (χ2v) is 5.82. The van der Waals surface area contributed by atoms with Crippen LogP contribution in [0.25, 0.3) is 0 Å². The molecule has 2 aromatic rings. The molecule has 2 atom stereocenters. The van der Waals surface area contributed by atoms with Crippen molar-refractivity contribution in [2.45, 2.75) is 25.9 Å². The van der Waals surface area contributed by atoms with E-state index in [-0.39, 0.29) is 12.1 Å². The number of benzene rings is 2. The molecule has 0 fully saturated rings. The van der Waals surface area contributed by atoms with Gasteiger partial charge in [0, 0.05) is 22.1 Å². The third-order valence-corrected chi connectivity index (χ3v) is 3.95. The molecule has 0 radical (unpaired) electrons. The topological polar surface area (TPSA) is 21.3 Å². The Bertz CT molecular complexity index is 570. The van der Waals surface area contributed by atoms with E-state index in [1.54, 1.807) is 7.11 Å². The summed E-state index contributed by atoms with van der Waals surface area (Å²) in [6.07, 6.45) is 0. The van der Waals surface area contributed by atoms with Crippen molar-refractivity contribution in [3.63, 3.8) is 0 Å². The first kappa shape index (κ1) is 15.1. The monoisotopic (exact) mass is 333 g/mol. The van der Waals surface area contributed by atoms with Gasteiger partial charge in [0.25, 0.3) is 0 Å². The molecule has 0 aliphatic heterocycles. The average molecular weight is 334 g/mol. The van der Waals surface area contributed by atoms with E-state index >= 15 is 0 Å². The zero-order valence-electron chi connectivity index (χ0n) is 12.1. The Morgan fingerprint density at radius 1 is 1.00 bits per heavy atom. The highest BCUT2D eigenvalue weighted by Crippen LogP contribution is 2.27. The first-order valence-corrected chi connectivity index (χ1v) is 7.55. The van der Waals surface area contributed by atoms with Gasteiger partial charge < -0.3 is 10.1 Å². The van der Waals surface area contributed by atoms with Gasteiger partial charge in [-0.1, -0.05) is 46.3 Å². The summed E-state index contributed by atoms with van der Waals surface area (Å²) in [6.45, 7) is 4.33. The Labute approximate surface area is 129 Å². The van der Waals surface area contributed by atoms with Gasteiger partial charge in [0.2, 0.25) is 0 Å². The van der Waals surface area contributed by atoms with Gasteiger partial charge in [-0.25, -0.2) is 0 Å². The number of ether oxygens (including phenoxy) is 1. The molecule has 106 valence electrons. The first-order chi connectivity index (χ1) is 9.61. The Kier molecular flexibility index (Phi) is 5.21. The second kappa shape index (κ2) is 6.91. The molecule has 0 heterocycles. The molecule has 0 aromatic heterocycles. The summed E-state index contributed by atoms with van der Waals surface area (Å²) in [7, 11) is 1.71. The zero-order chi connectivity index (χ0) is 14.5. The van der Waals surface area contributed by atoms with Crippen LogP contribution in [-0.4, -0.2) is 7.11 Å². The summed E-state index contributed by atoms with van der Waals surface area (Å²) in [5, 5.41) is 3.61. The number of hydrogen-bond donors (Lipinski definition) is 1. The van der Waals surface area contributed by atoms with Crippen molar-refractivity contribution in [2.75, 3.05) is 7.11 Å². The van der Waals surface area contributed by atoms with E-state index in [2.05, 4.69) is 59.4 Å². The fraction of sp³-hybridized carbons (Fsp3) is 0.294. The molecule has 1 unspecified atom stereocenters. The lowest BCUT2D eigenvalue weighted by Crippen LogP contribution is -2.22. The Morgan fingerprint density at radius 3 is 2.45 bits per heavy atom. The van der Waals surface area contributed by atoms with Crippen molar-refractivity contribution in [3.05, 3.63) is 64.1 Å². The predicted octanol–water partition coefficient (Wildman–Crippen LogP) is 4.87. The molecular formula is C17H20BrNO. The summed E-state index contributed by atoms with van der Waals surface area (Å²) < 4.78 is 6.53. The van der Waals surface area contributed by atoms with Crippen LogP contribution in [0.15, 0.2) is 53.0 Å². The van der Waals surface area contributed by atoms with Crippen molar-refractivity contribution in [1.29, 1.82) is 0 Å². The van der Waals surface area contributed by atoms with Gasteiger partial charge >= 0.3 is 0 Å². The van der Waals surface area contributed by atoms with E-state index in [0.29, 0.717) is 0 Å². The summed E-state index contributed by atoms with van der Waals surface area (Å²) >= 11 is 3.52. The minimum atomic E-state index is 0.222. The highest BCUT2D eigenvalue weighted by atomic mass is 79.9. The molecule has 0 saturated heterocycles. The van der Waals surface area contributed by atoms with E-state index in [9.17, 15) is 0 Å².